The van der Waals surface area contributed by atoms with Crippen LogP contribution in [0.3, 0.4) is 0 Å². The highest BCUT2D eigenvalue weighted by Crippen LogP contribution is 2.37. The molecule has 1 atom stereocenters. The van der Waals surface area contributed by atoms with Crippen molar-refractivity contribution >= 4 is 5.95 Å². The predicted molar refractivity (Wildman–Crippen MR) is 71.3 cm³/mol. The molecule has 2 aliphatic heterocycles. The number of hydrogen-bond acceptors (Lipinski definition) is 6. The maximum absolute atomic E-state index is 5.58. The summed E-state index contributed by atoms with van der Waals surface area (Å²) in [6.07, 6.45) is 1.06. The number of anilines is 1. The predicted octanol–water partition coefficient (Wildman–Crippen LogP) is 0.793. The molecule has 0 spiro atoms. The van der Waals surface area contributed by atoms with E-state index in [4.69, 9.17) is 9.26 Å². The molecule has 2 saturated heterocycles. The summed E-state index contributed by atoms with van der Waals surface area (Å²) in [5.74, 6) is 1.99. The second-order valence-electron chi connectivity index (χ2n) is 5.74. The lowest BCUT2D eigenvalue weighted by atomic mass is 9.76. The Labute approximate surface area is 113 Å². The first-order valence-corrected chi connectivity index (χ1v) is 7.10. The van der Waals surface area contributed by atoms with E-state index in [0.29, 0.717) is 11.9 Å². The molecule has 0 amide bonds. The third kappa shape index (κ3) is 2.23. The van der Waals surface area contributed by atoms with E-state index in [-0.39, 0.29) is 5.41 Å². The quantitative estimate of drug-likeness (QED) is 0.873. The van der Waals surface area contributed by atoms with Crippen molar-refractivity contribution in [3.05, 3.63) is 5.89 Å². The molecule has 3 heterocycles. The molecule has 1 aromatic rings. The monoisotopic (exact) mass is 266 g/mol. The molecule has 6 nitrogen and oxygen atoms in total. The summed E-state index contributed by atoms with van der Waals surface area (Å²) in [6, 6.07) is 0. The minimum Gasteiger partial charge on any atom is -0.378 e. The Morgan fingerprint density at radius 1 is 1.32 bits per heavy atom. The summed E-state index contributed by atoms with van der Waals surface area (Å²) in [6.45, 7) is 9.55. The smallest absolute Gasteiger partial charge is 0.266 e. The van der Waals surface area contributed by atoms with Crippen molar-refractivity contribution in [2.45, 2.75) is 25.7 Å². The zero-order valence-electron chi connectivity index (χ0n) is 11.7. The molecule has 1 unspecified atom stereocenters. The molecule has 19 heavy (non-hydrogen) atoms. The van der Waals surface area contributed by atoms with Crippen LogP contribution >= 0.6 is 0 Å². The van der Waals surface area contributed by atoms with Crippen LogP contribution in [0.25, 0.3) is 0 Å². The van der Waals surface area contributed by atoms with E-state index < -0.39 is 0 Å². The number of hydrogen-bond donors (Lipinski definition) is 1. The Kier molecular flexibility index (Phi) is 3.45. The van der Waals surface area contributed by atoms with Crippen LogP contribution in [0.5, 0.6) is 0 Å². The Bertz CT molecular complexity index is 420. The van der Waals surface area contributed by atoms with Crippen LogP contribution in [0, 0.1) is 5.92 Å². The maximum Gasteiger partial charge on any atom is 0.266 e. The molecule has 3 rings (SSSR count). The Balaban J connectivity index is 1.83. The topological polar surface area (TPSA) is 63.4 Å². The molecule has 2 aliphatic rings. The SMILES string of the molecule is CC(C)C1(c2nc(N3CCOCC3)no2)CCNC1. The van der Waals surface area contributed by atoms with Crippen molar-refractivity contribution in [1.82, 2.24) is 15.5 Å². The van der Waals surface area contributed by atoms with Gasteiger partial charge in [-0.15, -0.1) is 0 Å². The third-order valence-electron chi connectivity index (χ3n) is 4.43. The number of morpholine rings is 1. The second kappa shape index (κ2) is 5.09. The molecule has 106 valence electrons. The van der Waals surface area contributed by atoms with E-state index in [2.05, 4.69) is 34.2 Å². The summed E-state index contributed by atoms with van der Waals surface area (Å²) in [4.78, 5) is 6.79. The van der Waals surface area contributed by atoms with Crippen molar-refractivity contribution in [1.29, 1.82) is 0 Å². The molecule has 0 bridgehead atoms. The van der Waals surface area contributed by atoms with Gasteiger partial charge in [-0.25, -0.2) is 0 Å². The summed E-state index contributed by atoms with van der Waals surface area (Å²) in [7, 11) is 0. The standard InChI is InChI=1S/C13H22N4O2/c1-10(2)13(3-4-14-9-13)11-15-12(16-19-11)17-5-7-18-8-6-17/h10,14H,3-9H2,1-2H3. The van der Waals surface area contributed by atoms with Gasteiger partial charge >= 0.3 is 0 Å². The van der Waals surface area contributed by atoms with Crippen molar-refractivity contribution in [3.8, 4) is 0 Å². The van der Waals surface area contributed by atoms with Crippen molar-refractivity contribution in [2.75, 3.05) is 44.3 Å². The lowest BCUT2D eigenvalue weighted by Gasteiger charge is -2.28. The van der Waals surface area contributed by atoms with E-state index in [1.807, 2.05) is 0 Å². The van der Waals surface area contributed by atoms with E-state index in [1.165, 1.54) is 0 Å². The molecule has 0 aliphatic carbocycles. The van der Waals surface area contributed by atoms with Crippen LogP contribution in [0.1, 0.15) is 26.2 Å². The highest BCUT2D eigenvalue weighted by atomic mass is 16.5. The molecule has 6 heteroatoms. The third-order valence-corrected chi connectivity index (χ3v) is 4.43. The Morgan fingerprint density at radius 3 is 2.74 bits per heavy atom. The van der Waals surface area contributed by atoms with Gasteiger partial charge in [-0.3, -0.25) is 0 Å². The average molecular weight is 266 g/mol. The molecule has 0 saturated carbocycles. The number of aromatic nitrogens is 2. The Morgan fingerprint density at radius 2 is 2.11 bits per heavy atom. The summed E-state index contributed by atoms with van der Waals surface area (Å²) in [5.41, 5.74) is -0.00244. The van der Waals surface area contributed by atoms with Gasteiger partial charge in [0.2, 0.25) is 5.89 Å². The van der Waals surface area contributed by atoms with Gasteiger partial charge < -0.3 is 19.5 Å². The van der Waals surface area contributed by atoms with E-state index in [0.717, 1.165) is 51.7 Å². The molecule has 2 fully saturated rings. The largest absolute Gasteiger partial charge is 0.378 e. The van der Waals surface area contributed by atoms with E-state index >= 15 is 0 Å². The summed E-state index contributed by atoms with van der Waals surface area (Å²) in [5, 5.41) is 7.59. The number of nitrogens with zero attached hydrogens (tertiary/aromatic N) is 3. The average Bonchev–Trinajstić information content (AvgIpc) is 3.09. The molecule has 1 aromatic heterocycles. The zero-order chi connectivity index (χ0) is 13.3. The van der Waals surface area contributed by atoms with Gasteiger partial charge in [-0.1, -0.05) is 13.8 Å². The summed E-state index contributed by atoms with van der Waals surface area (Å²) < 4.78 is 10.9. The van der Waals surface area contributed by atoms with Crippen molar-refractivity contribution in [3.63, 3.8) is 0 Å². The lowest BCUT2D eigenvalue weighted by Crippen LogP contribution is -2.37. The first-order valence-electron chi connectivity index (χ1n) is 7.10. The first-order chi connectivity index (χ1) is 9.22. The molecule has 0 radical (unpaired) electrons. The van der Waals surface area contributed by atoms with Gasteiger partial charge in [0.05, 0.1) is 18.6 Å². The second-order valence-corrected chi connectivity index (χ2v) is 5.74. The van der Waals surface area contributed by atoms with Gasteiger partial charge in [0.25, 0.3) is 5.95 Å². The van der Waals surface area contributed by atoms with E-state index in [1.54, 1.807) is 0 Å². The van der Waals surface area contributed by atoms with Crippen LogP contribution < -0.4 is 10.2 Å². The van der Waals surface area contributed by atoms with Gasteiger partial charge in [-0.2, -0.15) is 4.98 Å². The van der Waals surface area contributed by atoms with Crippen LogP contribution in [0.15, 0.2) is 4.52 Å². The first kappa shape index (κ1) is 12.9. The number of nitrogens with one attached hydrogen (secondary N) is 1. The highest BCUT2D eigenvalue weighted by molar-refractivity contribution is 5.30. The maximum atomic E-state index is 5.58. The molecular formula is C13H22N4O2. The van der Waals surface area contributed by atoms with Crippen LogP contribution in [0.4, 0.5) is 5.95 Å². The highest BCUT2D eigenvalue weighted by Gasteiger charge is 2.43. The number of ether oxygens (including phenoxy) is 1. The van der Waals surface area contributed by atoms with Gasteiger partial charge in [0, 0.05) is 19.6 Å². The van der Waals surface area contributed by atoms with Gasteiger partial charge in [-0.05, 0) is 24.0 Å². The van der Waals surface area contributed by atoms with Crippen molar-refractivity contribution < 1.29 is 9.26 Å². The number of rotatable bonds is 3. The minimum atomic E-state index is -0.00244. The Hall–Kier alpha value is -1.14. The lowest BCUT2D eigenvalue weighted by molar-refractivity contribution is 0.121. The zero-order valence-corrected chi connectivity index (χ0v) is 11.7. The van der Waals surface area contributed by atoms with Crippen LogP contribution in [0.2, 0.25) is 0 Å². The van der Waals surface area contributed by atoms with E-state index in [9.17, 15) is 0 Å². The van der Waals surface area contributed by atoms with Gasteiger partial charge in [0.15, 0.2) is 0 Å². The molecule has 1 N–H and O–H groups in total. The molecular weight excluding hydrogens is 244 g/mol. The fourth-order valence-corrected chi connectivity index (χ4v) is 2.94. The normalized spacial score (nSPS) is 28.3. The van der Waals surface area contributed by atoms with Crippen LogP contribution in [-0.4, -0.2) is 49.5 Å². The molecule has 0 aromatic carbocycles. The van der Waals surface area contributed by atoms with Crippen LogP contribution in [-0.2, 0) is 10.2 Å². The minimum absolute atomic E-state index is 0.00244. The van der Waals surface area contributed by atoms with Gasteiger partial charge in [0.1, 0.15) is 0 Å². The fraction of sp³-hybridized carbons (Fsp3) is 0.846. The fourth-order valence-electron chi connectivity index (χ4n) is 2.94. The summed E-state index contributed by atoms with van der Waals surface area (Å²) >= 11 is 0. The van der Waals surface area contributed by atoms with Crippen molar-refractivity contribution in [2.24, 2.45) is 5.92 Å².